The highest BCUT2D eigenvalue weighted by Crippen LogP contribution is 2.27. The van der Waals surface area contributed by atoms with Crippen molar-refractivity contribution in [2.75, 3.05) is 30.5 Å². The predicted octanol–water partition coefficient (Wildman–Crippen LogP) is 0.376. The fourth-order valence-electron chi connectivity index (χ4n) is 2.14. The summed E-state index contributed by atoms with van der Waals surface area (Å²) in [6.07, 6.45) is 0.315. The first kappa shape index (κ1) is 17.1. The van der Waals surface area contributed by atoms with Crippen molar-refractivity contribution < 1.29 is 17.9 Å². The van der Waals surface area contributed by atoms with Gasteiger partial charge in [-0.25, -0.2) is 13.6 Å². The molecule has 0 saturated carbocycles. The lowest BCUT2D eigenvalue weighted by Crippen LogP contribution is -2.39. The normalized spacial score (nSPS) is 18.7. The Labute approximate surface area is 134 Å². The largest absolute Gasteiger partial charge is 0.495 e. The first-order valence-corrected chi connectivity index (χ1v) is 9.42. The average molecular weight is 345 g/mol. The second kappa shape index (κ2) is 7.32. The van der Waals surface area contributed by atoms with Gasteiger partial charge in [-0.05, 0) is 18.2 Å². The molecule has 0 aromatic heterocycles. The van der Waals surface area contributed by atoms with E-state index in [1.54, 1.807) is 11.8 Å². The topological polar surface area (TPSA) is 111 Å². The van der Waals surface area contributed by atoms with Crippen molar-refractivity contribution in [3.8, 4) is 5.75 Å². The van der Waals surface area contributed by atoms with Crippen LogP contribution >= 0.6 is 11.8 Å². The van der Waals surface area contributed by atoms with Crippen LogP contribution in [0, 0.1) is 0 Å². The maximum Gasteiger partial charge on any atom is 0.238 e. The quantitative estimate of drug-likeness (QED) is 0.711. The summed E-state index contributed by atoms with van der Waals surface area (Å²) in [5, 5.41) is 11.1. The van der Waals surface area contributed by atoms with Gasteiger partial charge in [0, 0.05) is 30.5 Å². The van der Waals surface area contributed by atoms with Crippen LogP contribution in [0.4, 0.5) is 5.69 Å². The molecule has 1 fully saturated rings. The van der Waals surface area contributed by atoms with E-state index in [0.717, 1.165) is 18.1 Å². The number of ether oxygens (including phenoxy) is 1. The number of hydrogen-bond acceptors (Lipinski definition) is 6. The molecule has 0 bridgehead atoms. The number of sulfonamides is 1. The molecule has 1 heterocycles. The lowest BCUT2D eigenvalue weighted by Gasteiger charge is -2.22. The van der Waals surface area contributed by atoms with Gasteiger partial charge in [0.05, 0.1) is 17.7 Å². The fourth-order valence-corrected chi connectivity index (χ4v) is 3.63. The zero-order chi connectivity index (χ0) is 16.2. The summed E-state index contributed by atoms with van der Waals surface area (Å²) in [6, 6.07) is 4.22. The zero-order valence-electron chi connectivity index (χ0n) is 12.2. The summed E-state index contributed by atoms with van der Waals surface area (Å²) in [5.41, 5.74) is 0.294. The molecule has 1 saturated heterocycles. The van der Waals surface area contributed by atoms with Gasteiger partial charge in [0.2, 0.25) is 15.9 Å². The van der Waals surface area contributed by atoms with Crippen molar-refractivity contribution in [1.82, 2.24) is 5.32 Å². The van der Waals surface area contributed by atoms with Crippen LogP contribution < -0.4 is 20.5 Å². The summed E-state index contributed by atoms with van der Waals surface area (Å²) in [5.74, 6) is 2.10. The molecule has 1 aromatic carbocycles. The molecule has 1 unspecified atom stereocenters. The van der Waals surface area contributed by atoms with Crippen molar-refractivity contribution >= 4 is 33.4 Å². The molecule has 1 aliphatic rings. The Morgan fingerprint density at radius 1 is 1.55 bits per heavy atom. The van der Waals surface area contributed by atoms with Crippen LogP contribution in [0.2, 0.25) is 0 Å². The molecule has 0 aliphatic carbocycles. The van der Waals surface area contributed by atoms with Crippen molar-refractivity contribution in [3.05, 3.63) is 18.2 Å². The lowest BCUT2D eigenvalue weighted by atomic mass is 10.2. The monoisotopic (exact) mass is 345 g/mol. The third kappa shape index (κ3) is 4.60. The van der Waals surface area contributed by atoms with Crippen LogP contribution in [0.3, 0.4) is 0 Å². The summed E-state index contributed by atoms with van der Waals surface area (Å²) in [6.45, 7) is 0.882. The minimum atomic E-state index is -3.84. The van der Waals surface area contributed by atoms with E-state index in [1.165, 1.54) is 25.3 Å². The van der Waals surface area contributed by atoms with Crippen molar-refractivity contribution in [1.29, 1.82) is 0 Å². The number of anilines is 1. The van der Waals surface area contributed by atoms with Gasteiger partial charge < -0.3 is 15.4 Å². The number of benzene rings is 1. The third-order valence-electron chi connectivity index (χ3n) is 3.20. The number of rotatable bonds is 5. The Morgan fingerprint density at radius 3 is 2.91 bits per heavy atom. The van der Waals surface area contributed by atoms with Gasteiger partial charge in [-0.2, -0.15) is 11.8 Å². The number of thioether (sulfide) groups is 1. The molecule has 7 nitrogen and oxygen atoms in total. The second-order valence-electron chi connectivity index (χ2n) is 4.89. The van der Waals surface area contributed by atoms with Crippen LogP contribution in [-0.2, 0) is 14.8 Å². The van der Waals surface area contributed by atoms with Crippen LogP contribution in [0.1, 0.15) is 6.42 Å². The highest BCUT2D eigenvalue weighted by molar-refractivity contribution is 7.99. The average Bonchev–Trinajstić information content (AvgIpc) is 2.47. The number of methoxy groups -OCH3 is 1. The van der Waals surface area contributed by atoms with E-state index in [0.29, 0.717) is 17.9 Å². The minimum absolute atomic E-state index is 0.0741. The summed E-state index contributed by atoms with van der Waals surface area (Å²) in [4.78, 5) is 12.0. The number of nitrogens with one attached hydrogen (secondary N) is 2. The smallest absolute Gasteiger partial charge is 0.238 e. The molecule has 1 aliphatic heterocycles. The van der Waals surface area contributed by atoms with Crippen molar-refractivity contribution in [2.45, 2.75) is 17.4 Å². The van der Waals surface area contributed by atoms with Crippen molar-refractivity contribution in [3.63, 3.8) is 0 Å². The van der Waals surface area contributed by atoms with E-state index < -0.39 is 10.0 Å². The maximum atomic E-state index is 12.1. The fraction of sp³-hybridized carbons (Fsp3) is 0.462. The van der Waals surface area contributed by atoms with E-state index in [9.17, 15) is 13.2 Å². The number of carbonyl (C=O) groups is 1. The molecule has 22 heavy (non-hydrogen) atoms. The molecule has 1 atom stereocenters. The van der Waals surface area contributed by atoms with Gasteiger partial charge in [0.25, 0.3) is 0 Å². The summed E-state index contributed by atoms with van der Waals surface area (Å²) in [7, 11) is -2.39. The van der Waals surface area contributed by atoms with E-state index >= 15 is 0 Å². The van der Waals surface area contributed by atoms with E-state index in [-0.39, 0.29) is 16.8 Å². The number of nitrogens with two attached hydrogens (primary N) is 1. The number of carbonyl (C=O) groups excluding carboxylic acids is 1. The van der Waals surface area contributed by atoms with Crippen LogP contribution in [0.5, 0.6) is 5.75 Å². The molecule has 4 N–H and O–H groups in total. The Morgan fingerprint density at radius 2 is 2.32 bits per heavy atom. The van der Waals surface area contributed by atoms with Gasteiger partial charge in [0.15, 0.2) is 0 Å². The number of primary sulfonamides is 1. The van der Waals surface area contributed by atoms with Gasteiger partial charge >= 0.3 is 0 Å². The molecular weight excluding hydrogens is 326 g/mol. The molecule has 2 rings (SSSR count). The SMILES string of the molecule is COc1ccc(S(N)(=O)=O)cc1NC(=O)CC1CSCCN1. The molecular formula is C13H19N3O4S2. The Hall–Kier alpha value is -1.29. The Kier molecular flexibility index (Phi) is 5.68. The summed E-state index contributed by atoms with van der Waals surface area (Å²) < 4.78 is 27.9. The predicted molar refractivity (Wildman–Crippen MR) is 86.7 cm³/mol. The third-order valence-corrected chi connectivity index (χ3v) is 5.25. The first-order valence-electron chi connectivity index (χ1n) is 6.72. The van der Waals surface area contributed by atoms with Crippen molar-refractivity contribution in [2.24, 2.45) is 5.14 Å². The molecule has 1 amide bonds. The van der Waals surface area contributed by atoms with E-state index in [4.69, 9.17) is 9.88 Å². The lowest BCUT2D eigenvalue weighted by molar-refractivity contribution is -0.116. The molecule has 0 radical (unpaired) electrons. The van der Waals surface area contributed by atoms with Gasteiger partial charge in [-0.3, -0.25) is 4.79 Å². The van der Waals surface area contributed by atoms with Crippen LogP contribution in [0.25, 0.3) is 0 Å². The molecule has 122 valence electrons. The maximum absolute atomic E-state index is 12.1. The van der Waals surface area contributed by atoms with Gasteiger partial charge in [0.1, 0.15) is 5.75 Å². The Balaban J connectivity index is 2.11. The standard InChI is InChI=1S/C13H19N3O4S2/c1-20-12-3-2-10(22(14,18)19)7-11(12)16-13(17)6-9-8-21-5-4-15-9/h2-3,7,9,15H,4-6,8H2,1H3,(H,16,17)(H2,14,18,19). The highest BCUT2D eigenvalue weighted by atomic mass is 32.2. The van der Waals surface area contributed by atoms with Crippen LogP contribution in [-0.4, -0.2) is 45.5 Å². The molecule has 1 aromatic rings. The zero-order valence-corrected chi connectivity index (χ0v) is 13.8. The van der Waals surface area contributed by atoms with E-state index in [1.807, 2.05) is 0 Å². The molecule has 9 heteroatoms. The number of hydrogen-bond donors (Lipinski definition) is 3. The number of amides is 1. The highest BCUT2D eigenvalue weighted by Gasteiger charge is 2.19. The summed E-state index contributed by atoms with van der Waals surface area (Å²) >= 11 is 1.80. The van der Waals surface area contributed by atoms with Crippen LogP contribution in [0.15, 0.2) is 23.1 Å². The Bertz CT molecular complexity index is 643. The van der Waals surface area contributed by atoms with Gasteiger partial charge in [-0.1, -0.05) is 0 Å². The minimum Gasteiger partial charge on any atom is -0.495 e. The second-order valence-corrected chi connectivity index (χ2v) is 7.60. The van der Waals surface area contributed by atoms with Gasteiger partial charge in [-0.15, -0.1) is 0 Å². The molecule has 0 spiro atoms. The first-order chi connectivity index (χ1) is 10.4. The van der Waals surface area contributed by atoms with E-state index in [2.05, 4.69) is 10.6 Å².